The third-order valence-electron chi connectivity index (χ3n) is 3.76. The molecule has 20 heavy (non-hydrogen) atoms. The fourth-order valence-electron chi connectivity index (χ4n) is 2.67. The van der Waals surface area contributed by atoms with Crippen LogP contribution in [0.5, 0.6) is 0 Å². The van der Waals surface area contributed by atoms with Crippen molar-refractivity contribution in [2.45, 2.75) is 37.0 Å². The molecule has 2 unspecified atom stereocenters. The lowest BCUT2D eigenvalue weighted by molar-refractivity contribution is 0.429. The van der Waals surface area contributed by atoms with Crippen LogP contribution in [0.4, 0.5) is 8.78 Å². The van der Waals surface area contributed by atoms with Crippen molar-refractivity contribution in [1.82, 2.24) is 5.43 Å². The fourth-order valence-corrected chi connectivity index (χ4v) is 4.78. The first kappa shape index (κ1) is 15.3. The van der Waals surface area contributed by atoms with Gasteiger partial charge in [-0.2, -0.15) is 0 Å². The first-order valence-corrected chi connectivity index (χ1v) is 8.28. The van der Waals surface area contributed by atoms with Crippen molar-refractivity contribution in [3.8, 4) is 0 Å². The van der Waals surface area contributed by atoms with Crippen molar-refractivity contribution in [3.05, 3.63) is 35.4 Å². The Morgan fingerprint density at radius 1 is 1.35 bits per heavy atom. The van der Waals surface area contributed by atoms with Crippen molar-refractivity contribution in [2.75, 3.05) is 5.75 Å². The highest BCUT2D eigenvalue weighted by molar-refractivity contribution is 7.92. The second-order valence-corrected chi connectivity index (χ2v) is 7.43. The van der Waals surface area contributed by atoms with E-state index in [1.165, 1.54) is 12.1 Å². The van der Waals surface area contributed by atoms with Crippen LogP contribution in [-0.4, -0.2) is 25.5 Å². The molecule has 1 aromatic rings. The Bertz CT molecular complexity index is 578. The van der Waals surface area contributed by atoms with E-state index >= 15 is 0 Å². The monoisotopic (exact) mass is 304 g/mol. The molecule has 4 nitrogen and oxygen atoms in total. The number of nitrogens with two attached hydrogens (primary N) is 1. The minimum absolute atomic E-state index is 0.0456. The van der Waals surface area contributed by atoms with Gasteiger partial charge in [0.1, 0.15) is 0 Å². The van der Waals surface area contributed by atoms with Crippen LogP contribution in [0.1, 0.15) is 24.8 Å². The minimum atomic E-state index is -3.24. The van der Waals surface area contributed by atoms with E-state index in [1.54, 1.807) is 0 Å². The van der Waals surface area contributed by atoms with Gasteiger partial charge in [-0.25, -0.2) is 17.2 Å². The number of halogens is 2. The van der Waals surface area contributed by atoms with Crippen molar-refractivity contribution in [3.63, 3.8) is 0 Å². The highest BCUT2D eigenvalue weighted by atomic mass is 32.2. The van der Waals surface area contributed by atoms with Gasteiger partial charge in [0.2, 0.25) is 0 Å². The molecule has 0 saturated carbocycles. The summed E-state index contributed by atoms with van der Waals surface area (Å²) in [5.41, 5.74) is 2.59. The number of nitrogens with one attached hydrogen (secondary N) is 1. The number of hydrogen-bond donors (Lipinski definition) is 2. The van der Waals surface area contributed by atoms with Gasteiger partial charge in [-0.05, 0) is 30.9 Å². The van der Waals surface area contributed by atoms with E-state index in [2.05, 4.69) is 5.43 Å². The van der Waals surface area contributed by atoms with Crippen LogP contribution in [-0.2, 0) is 16.3 Å². The van der Waals surface area contributed by atoms with Crippen LogP contribution in [0.15, 0.2) is 18.2 Å². The third-order valence-corrected chi connectivity index (χ3v) is 6.11. The first-order chi connectivity index (χ1) is 9.45. The van der Waals surface area contributed by atoms with E-state index in [0.717, 1.165) is 12.5 Å². The molecule has 1 aliphatic heterocycles. The molecule has 1 aromatic carbocycles. The standard InChI is InChI=1S/C13H18F2N2O2S/c14-10-5-3-4-9(13(10)15)8-11(17-16)12-6-1-2-7-20(12,18)19/h3-5,11-12,17H,1-2,6-8,16H2. The molecule has 112 valence electrons. The normalized spacial score (nSPS) is 23.4. The molecule has 2 rings (SSSR count). The molecule has 3 N–H and O–H groups in total. The topological polar surface area (TPSA) is 72.2 Å². The SMILES string of the molecule is NNC(Cc1cccc(F)c1F)C1CCCCS1(=O)=O. The number of benzene rings is 1. The molecule has 1 saturated heterocycles. The van der Waals surface area contributed by atoms with Crippen LogP contribution in [0, 0.1) is 11.6 Å². The van der Waals surface area contributed by atoms with Crippen LogP contribution >= 0.6 is 0 Å². The molecule has 1 heterocycles. The lowest BCUT2D eigenvalue weighted by atomic mass is 9.99. The molecule has 7 heteroatoms. The van der Waals surface area contributed by atoms with Crippen LogP contribution in [0.25, 0.3) is 0 Å². The Morgan fingerprint density at radius 2 is 2.10 bits per heavy atom. The van der Waals surface area contributed by atoms with Gasteiger partial charge in [0.15, 0.2) is 21.5 Å². The van der Waals surface area contributed by atoms with E-state index in [4.69, 9.17) is 5.84 Å². The van der Waals surface area contributed by atoms with Gasteiger partial charge in [0, 0.05) is 6.04 Å². The maximum Gasteiger partial charge on any atom is 0.162 e. The molecule has 0 radical (unpaired) electrons. The van der Waals surface area contributed by atoms with Crippen LogP contribution in [0.3, 0.4) is 0 Å². The second-order valence-electron chi connectivity index (χ2n) is 5.09. The smallest absolute Gasteiger partial charge is 0.162 e. The Balaban J connectivity index is 2.22. The second kappa shape index (κ2) is 6.15. The summed E-state index contributed by atoms with van der Waals surface area (Å²) in [6, 6.07) is 3.26. The van der Waals surface area contributed by atoms with Crippen LogP contribution < -0.4 is 11.3 Å². The summed E-state index contributed by atoms with van der Waals surface area (Å²) in [6.07, 6.45) is 1.98. The van der Waals surface area contributed by atoms with Gasteiger partial charge in [-0.1, -0.05) is 18.6 Å². The van der Waals surface area contributed by atoms with Gasteiger partial charge in [-0.15, -0.1) is 0 Å². The maximum absolute atomic E-state index is 13.7. The Hall–Kier alpha value is -1.05. The molecule has 0 aromatic heterocycles. The van der Waals surface area contributed by atoms with Gasteiger partial charge < -0.3 is 0 Å². The fraction of sp³-hybridized carbons (Fsp3) is 0.538. The molecule has 0 bridgehead atoms. The van der Waals surface area contributed by atoms with Gasteiger partial charge in [0.05, 0.1) is 11.0 Å². The predicted octanol–water partition coefficient (Wildman–Crippen LogP) is 1.31. The summed E-state index contributed by atoms with van der Waals surface area (Å²) in [5, 5.41) is -0.649. The van der Waals surface area contributed by atoms with Gasteiger partial charge in [-0.3, -0.25) is 11.3 Å². The number of rotatable bonds is 4. The van der Waals surface area contributed by atoms with Crippen molar-refractivity contribution in [2.24, 2.45) is 5.84 Å². The predicted molar refractivity (Wildman–Crippen MR) is 72.6 cm³/mol. The average Bonchev–Trinajstić information content (AvgIpc) is 2.41. The van der Waals surface area contributed by atoms with E-state index < -0.39 is 32.8 Å². The Kier molecular flexibility index (Phi) is 4.72. The van der Waals surface area contributed by atoms with E-state index in [0.29, 0.717) is 12.8 Å². The van der Waals surface area contributed by atoms with E-state index in [-0.39, 0.29) is 17.7 Å². The molecule has 1 fully saturated rings. The maximum atomic E-state index is 13.7. The summed E-state index contributed by atoms with van der Waals surface area (Å²) >= 11 is 0. The largest absolute Gasteiger partial charge is 0.271 e. The quantitative estimate of drug-likeness (QED) is 0.650. The van der Waals surface area contributed by atoms with Crippen molar-refractivity contribution in [1.29, 1.82) is 0 Å². The highest BCUT2D eigenvalue weighted by Crippen LogP contribution is 2.25. The molecule has 0 spiro atoms. The number of hydrazine groups is 1. The Morgan fingerprint density at radius 3 is 2.75 bits per heavy atom. The van der Waals surface area contributed by atoms with Crippen molar-refractivity contribution < 1.29 is 17.2 Å². The zero-order chi connectivity index (χ0) is 14.8. The molecular weight excluding hydrogens is 286 g/mol. The van der Waals surface area contributed by atoms with E-state index in [1.807, 2.05) is 0 Å². The summed E-state index contributed by atoms with van der Waals surface area (Å²) < 4.78 is 51.0. The first-order valence-electron chi connectivity index (χ1n) is 6.56. The third kappa shape index (κ3) is 3.16. The average molecular weight is 304 g/mol. The molecule has 0 aliphatic carbocycles. The van der Waals surface area contributed by atoms with Gasteiger partial charge >= 0.3 is 0 Å². The molecule has 0 amide bonds. The Labute approximate surface area is 117 Å². The summed E-state index contributed by atoms with van der Waals surface area (Å²) in [6.45, 7) is 0. The lowest BCUT2D eigenvalue weighted by Gasteiger charge is -2.29. The number of sulfone groups is 1. The summed E-state index contributed by atoms with van der Waals surface area (Å²) in [7, 11) is -3.24. The zero-order valence-electron chi connectivity index (χ0n) is 11.0. The van der Waals surface area contributed by atoms with E-state index in [9.17, 15) is 17.2 Å². The molecular formula is C13H18F2N2O2S. The molecule has 2 atom stereocenters. The molecule has 1 aliphatic rings. The summed E-state index contributed by atoms with van der Waals surface area (Å²) in [5.74, 6) is 3.67. The minimum Gasteiger partial charge on any atom is -0.271 e. The summed E-state index contributed by atoms with van der Waals surface area (Å²) in [4.78, 5) is 0. The van der Waals surface area contributed by atoms with Crippen LogP contribution in [0.2, 0.25) is 0 Å². The highest BCUT2D eigenvalue weighted by Gasteiger charge is 2.35. The van der Waals surface area contributed by atoms with Gasteiger partial charge in [0.25, 0.3) is 0 Å². The van der Waals surface area contributed by atoms with Crippen molar-refractivity contribution >= 4 is 9.84 Å². The lowest BCUT2D eigenvalue weighted by Crippen LogP contribution is -2.50. The zero-order valence-corrected chi connectivity index (χ0v) is 11.8. The number of hydrogen-bond acceptors (Lipinski definition) is 4.